The van der Waals surface area contributed by atoms with Crippen molar-refractivity contribution in [3.8, 4) is 5.75 Å². The molecule has 1 N–H and O–H groups in total. The highest BCUT2D eigenvalue weighted by atomic mass is 35.5. The topological polar surface area (TPSA) is 64.6 Å². The fourth-order valence-electron chi connectivity index (χ4n) is 2.55. The summed E-state index contributed by atoms with van der Waals surface area (Å²) in [6.45, 7) is 3.43. The molecular weight excluding hydrogens is 354 g/mol. The van der Waals surface area contributed by atoms with Crippen LogP contribution in [0.5, 0.6) is 5.75 Å². The molecular formula is C20H22ClNO4. The fraction of sp³-hybridized carbons (Fsp3) is 0.300. The summed E-state index contributed by atoms with van der Waals surface area (Å²) in [5.41, 5.74) is 1.28. The maximum Gasteiger partial charge on any atom is 0.314 e. The van der Waals surface area contributed by atoms with Crippen LogP contribution in [-0.2, 0) is 14.3 Å². The zero-order valence-electron chi connectivity index (χ0n) is 15.0. The molecule has 0 aliphatic carbocycles. The minimum atomic E-state index is -0.955. The van der Waals surface area contributed by atoms with Gasteiger partial charge in [-0.05, 0) is 37.1 Å². The van der Waals surface area contributed by atoms with Crippen LogP contribution in [0, 0.1) is 0 Å². The van der Waals surface area contributed by atoms with Crippen LogP contribution < -0.4 is 10.1 Å². The van der Waals surface area contributed by atoms with E-state index in [9.17, 15) is 9.59 Å². The highest BCUT2D eigenvalue weighted by Gasteiger charge is 2.25. The molecule has 0 radical (unpaired) electrons. The third-order valence-corrected chi connectivity index (χ3v) is 4.21. The van der Waals surface area contributed by atoms with E-state index in [0.717, 1.165) is 5.56 Å². The third kappa shape index (κ3) is 4.99. The number of rotatable bonds is 7. The van der Waals surface area contributed by atoms with Crippen LogP contribution in [0.4, 0.5) is 5.69 Å². The van der Waals surface area contributed by atoms with Gasteiger partial charge in [-0.1, -0.05) is 48.9 Å². The van der Waals surface area contributed by atoms with E-state index in [1.165, 1.54) is 14.0 Å². The molecule has 2 aromatic carbocycles. The van der Waals surface area contributed by atoms with Crippen molar-refractivity contribution in [3.05, 3.63) is 59.1 Å². The largest absolute Gasteiger partial charge is 0.495 e. The van der Waals surface area contributed by atoms with Gasteiger partial charge in [0.2, 0.25) is 0 Å². The van der Waals surface area contributed by atoms with Crippen LogP contribution >= 0.6 is 11.6 Å². The average molecular weight is 376 g/mol. The van der Waals surface area contributed by atoms with Crippen molar-refractivity contribution in [2.45, 2.75) is 32.3 Å². The molecule has 0 aliphatic heterocycles. The van der Waals surface area contributed by atoms with Crippen molar-refractivity contribution in [1.29, 1.82) is 0 Å². The van der Waals surface area contributed by atoms with E-state index in [2.05, 4.69) is 5.32 Å². The van der Waals surface area contributed by atoms with Gasteiger partial charge in [-0.25, -0.2) is 0 Å². The molecule has 0 aromatic heterocycles. The fourth-order valence-corrected chi connectivity index (χ4v) is 2.72. The molecule has 0 spiro atoms. The Bertz CT molecular complexity index is 764. The van der Waals surface area contributed by atoms with Crippen LogP contribution in [0.15, 0.2) is 48.5 Å². The predicted molar refractivity (Wildman–Crippen MR) is 102 cm³/mol. The first kappa shape index (κ1) is 19.8. The van der Waals surface area contributed by atoms with E-state index < -0.39 is 23.9 Å². The van der Waals surface area contributed by atoms with Gasteiger partial charge < -0.3 is 14.8 Å². The SMILES string of the molecule is CC[C@@H](C(=O)O[C@@H](C)C(=O)Nc1cc(Cl)ccc1OC)c1ccccc1. The van der Waals surface area contributed by atoms with Crippen LogP contribution in [0.2, 0.25) is 5.02 Å². The molecule has 5 nitrogen and oxygen atoms in total. The van der Waals surface area contributed by atoms with Crippen LogP contribution in [0.3, 0.4) is 0 Å². The Morgan fingerprint density at radius 2 is 1.85 bits per heavy atom. The summed E-state index contributed by atoms with van der Waals surface area (Å²) in [6.07, 6.45) is -0.372. The molecule has 0 heterocycles. The van der Waals surface area contributed by atoms with Crippen LogP contribution in [0.25, 0.3) is 0 Å². The highest BCUT2D eigenvalue weighted by Crippen LogP contribution is 2.28. The Kier molecular flexibility index (Phi) is 7.04. The summed E-state index contributed by atoms with van der Waals surface area (Å²) < 4.78 is 10.6. The van der Waals surface area contributed by atoms with E-state index in [0.29, 0.717) is 22.9 Å². The summed E-state index contributed by atoms with van der Waals surface area (Å²) >= 11 is 5.96. The van der Waals surface area contributed by atoms with Gasteiger partial charge in [0.15, 0.2) is 6.10 Å². The van der Waals surface area contributed by atoms with Crippen LogP contribution in [-0.4, -0.2) is 25.1 Å². The Morgan fingerprint density at radius 1 is 1.15 bits per heavy atom. The smallest absolute Gasteiger partial charge is 0.314 e. The summed E-state index contributed by atoms with van der Waals surface area (Å²) in [5, 5.41) is 3.14. The molecule has 0 fully saturated rings. The number of nitrogens with one attached hydrogen (secondary N) is 1. The second kappa shape index (κ2) is 9.25. The number of carbonyl (C=O) groups is 2. The Morgan fingerprint density at radius 3 is 2.46 bits per heavy atom. The van der Waals surface area contributed by atoms with Crippen molar-refractivity contribution in [2.75, 3.05) is 12.4 Å². The maximum absolute atomic E-state index is 12.5. The minimum absolute atomic E-state index is 0.410. The lowest BCUT2D eigenvalue weighted by atomic mass is 9.97. The van der Waals surface area contributed by atoms with Gasteiger partial charge in [-0.3, -0.25) is 9.59 Å². The monoisotopic (exact) mass is 375 g/mol. The molecule has 2 atom stereocenters. The Labute approximate surface area is 158 Å². The number of carbonyl (C=O) groups excluding carboxylic acids is 2. The second-order valence-corrected chi connectivity index (χ2v) is 6.22. The lowest BCUT2D eigenvalue weighted by Gasteiger charge is -2.19. The lowest BCUT2D eigenvalue weighted by Crippen LogP contribution is -2.31. The number of hydrogen-bond acceptors (Lipinski definition) is 4. The third-order valence-electron chi connectivity index (χ3n) is 3.98. The Hall–Kier alpha value is -2.53. The Balaban J connectivity index is 2.04. The molecule has 0 saturated heterocycles. The number of amides is 1. The van der Waals surface area contributed by atoms with E-state index in [-0.39, 0.29) is 0 Å². The first-order valence-electron chi connectivity index (χ1n) is 8.36. The second-order valence-electron chi connectivity index (χ2n) is 5.78. The van der Waals surface area contributed by atoms with E-state index in [4.69, 9.17) is 21.1 Å². The zero-order chi connectivity index (χ0) is 19.1. The summed E-state index contributed by atoms with van der Waals surface area (Å²) in [4.78, 5) is 24.9. The van der Waals surface area contributed by atoms with Gasteiger partial charge in [0.05, 0.1) is 18.7 Å². The number of methoxy groups -OCH3 is 1. The van der Waals surface area contributed by atoms with E-state index in [1.54, 1.807) is 18.2 Å². The summed E-state index contributed by atoms with van der Waals surface area (Å²) in [5.74, 6) is -0.828. The standard InChI is InChI=1S/C20H22ClNO4/c1-4-16(14-8-6-5-7-9-14)20(24)26-13(2)19(23)22-17-12-15(21)10-11-18(17)25-3/h5-13,16H,4H2,1-3H3,(H,22,23)/t13-,16+/m0/s1. The van der Waals surface area contributed by atoms with Crippen molar-refractivity contribution < 1.29 is 19.1 Å². The lowest BCUT2D eigenvalue weighted by molar-refractivity contribution is -0.154. The molecule has 2 aromatic rings. The minimum Gasteiger partial charge on any atom is -0.495 e. The molecule has 0 saturated carbocycles. The number of anilines is 1. The van der Waals surface area contributed by atoms with Gasteiger partial charge in [0.25, 0.3) is 5.91 Å². The van der Waals surface area contributed by atoms with Gasteiger partial charge >= 0.3 is 5.97 Å². The first-order valence-corrected chi connectivity index (χ1v) is 8.73. The normalized spacial score (nSPS) is 12.8. The number of hydrogen-bond donors (Lipinski definition) is 1. The van der Waals surface area contributed by atoms with Gasteiger partial charge in [0.1, 0.15) is 5.75 Å². The average Bonchev–Trinajstić information content (AvgIpc) is 2.63. The van der Waals surface area contributed by atoms with E-state index in [1.807, 2.05) is 37.3 Å². The first-order chi connectivity index (χ1) is 12.5. The number of halogens is 1. The number of benzene rings is 2. The summed E-state index contributed by atoms with van der Waals surface area (Å²) in [7, 11) is 1.49. The summed E-state index contributed by atoms with van der Waals surface area (Å²) in [6, 6.07) is 14.2. The van der Waals surface area contributed by atoms with E-state index >= 15 is 0 Å². The highest BCUT2D eigenvalue weighted by molar-refractivity contribution is 6.31. The van der Waals surface area contributed by atoms with Gasteiger partial charge in [-0.2, -0.15) is 0 Å². The van der Waals surface area contributed by atoms with Crippen molar-refractivity contribution in [3.63, 3.8) is 0 Å². The molecule has 138 valence electrons. The molecule has 0 aliphatic rings. The zero-order valence-corrected chi connectivity index (χ0v) is 15.7. The number of ether oxygens (including phenoxy) is 2. The maximum atomic E-state index is 12.5. The van der Waals surface area contributed by atoms with Crippen molar-refractivity contribution in [1.82, 2.24) is 0 Å². The van der Waals surface area contributed by atoms with Gasteiger partial charge in [-0.15, -0.1) is 0 Å². The van der Waals surface area contributed by atoms with Gasteiger partial charge in [0, 0.05) is 5.02 Å². The van der Waals surface area contributed by atoms with Crippen molar-refractivity contribution >= 4 is 29.2 Å². The molecule has 1 amide bonds. The number of esters is 1. The van der Waals surface area contributed by atoms with Crippen molar-refractivity contribution in [2.24, 2.45) is 0 Å². The quantitative estimate of drug-likeness (QED) is 0.728. The molecule has 0 bridgehead atoms. The van der Waals surface area contributed by atoms with Crippen LogP contribution in [0.1, 0.15) is 31.7 Å². The predicted octanol–water partition coefficient (Wildman–Crippen LogP) is 4.41. The molecule has 2 rings (SSSR count). The molecule has 0 unspecified atom stereocenters. The molecule has 26 heavy (non-hydrogen) atoms. The molecule has 6 heteroatoms.